The van der Waals surface area contributed by atoms with E-state index in [1.54, 1.807) is 6.26 Å². The first-order chi connectivity index (χ1) is 10.2. The Balaban J connectivity index is 2.05. The van der Waals surface area contributed by atoms with Gasteiger partial charge in [-0.25, -0.2) is 0 Å². The monoisotopic (exact) mass is 285 g/mol. The number of hydrogen-bond acceptors (Lipinski definition) is 2. The summed E-state index contributed by atoms with van der Waals surface area (Å²) in [7, 11) is 0. The summed E-state index contributed by atoms with van der Waals surface area (Å²) in [6, 6.07) is 13.4. The van der Waals surface area contributed by atoms with E-state index >= 15 is 0 Å². The van der Waals surface area contributed by atoms with E-state index < -0.39 is 0 Å². The Kier molecular flexibility index (Phi) is 6.06. The van der Waals surface area contributed by atoms with Crippen LogP contribution < -0.4 is 5.32 Å². The lowest BCUT2D eigenvalue weighted by atomic mass is 9.96. The largest absolute Gasteiger partial charge is 0.469 e. The molecule has 0 aliphatic heterocycles. The first kappa shape index (κ1) is 15.8. The van der Waals surface area contributed by atoms with E-state index in [0.29, 0.717) is 12.0 Å². The van der Waals surface area contributed by atoms with Crippen LogP contribution in [0.3, 0.4) is 0 Å². The summed E-state index contributed by atoms with van der Waals surface area (Å²) < 4.78 is 5.45. The molecule has 114 valence electrons. The maximum Gasteiger partial charge on any atom is 0.103 e. The van der Waals surface area contributed by atoms with E-state index in [2.05, 4.69) is 56.4 Å². The highest BCUT2D eigenvalue weighted by molar-refractivity contribution is 5.26. The van der Waals surface area contributed by atoms with Gasteiger partial charge in [0, 0.05) is 12.5 Å². The lowest BCUT2D eigenvalue weighted by Crippen LogP contribution is -2.21. The van der Waals surface area contributed by atoms with Crippen LogP contribution in [0.25, 0.3) is 0 Å². The molecule has 0 amide bonds. The summed E-state index contributed by atoms with van der Waals surface area (Å²) in [4.78, 5) is 0. The molecule has 0 fully saturated rings. The zero-order chi connectivity index (χ0) is 15.1. The van der Waals surface area contributed by atoms with Crippen molar-refractivity contribution < 1.29 is 4.42 Å². The zero-order valence-electron chi connectivity index (χ0n) is 13.4. The molecule has 2 heteroatoms. The number of aryl methyl sites for hydroxylation is 1. The van der Waals surface area contributed by atoms with Crippen molar-refractivity contribution in [1.82, 2.24) is 5.32 Å². The minimum atomic E-state index is 0.396. The summed E-state index contributed by atoms with van der Waals surface area (Å²) >= 11 is 0. The quantitative estimate of drug-likeness (QED) is 0.756. The third-order valence-corrected chi connectivity index (χ3v) is 3.71. The third-order valence-electron chi connectivity index (χ3n) is 3.71. The summed E-state index contributed by atoms with van der Waals surface area (Å²) in [6.07, 6.45) is 4.93. The van der Waals surface area contributed by atoms with Gasteiger partial charge in [-0.15, -0.1) is 0 Å². The fourth-order valence-corrected chi connectivity index (χ4v) is 2.78. The van der Waals surface area contributed by atoms with Crippen LogP contribution >= 0.6 is 0 Å². The van der Waals surface area contributed by atoms with Crippen molar-refractivity contribution >= 4 is 0 Å². The minimum Gasteiger partial charge on any atom is -0.469 e. The summed E-state index contributed by atoms with van der Waals surface area (Å²) in [5.41, 5.74) is 2.82. The molecule has 1 aromatic carbocycles. The summed E-state index contributed by atoms with van der Waals surface area (Å²) in [5.74, 6) is 1.76. The maximum absolute atomic E-state index is 5.45. The molecule has 1 atom stereocenters. The molecule has 2 aromatic rings. The van der Waals surface area contributed by atoms with Gasteiger partial charge in [-0.3, -0.25) is 0 Å². The highest BCUT2D eigenvalue weighted by atomic mass is 16.3. The molecule has 0 radical (unpaired) electrons. The number of hydrogen-bond donors (Lipinski definition) is 1. The predicted molar refractivity (Wildman–Crippen MR) is 88.4 cm³/mol. The van der Waals surface area contributed by atoms with Crippen LogP contribution in [-0.4, -0.2) is 6.54 Å². The molecule has 21 heavy (non-hydrogen) atoms. The van der Waals surface area contributed by atoms with Crippen molar-refractivity contribution in [2.75, 3.05) is 6.54 Å². The van der Waals surface area contributed by atoms with E-state index in [9.17, 15) is 0 Å². The van der Waals surface area contributed by atoms with Gasteiger partial charge in [0.05, 0.1) is 6.26 Å². The molecule has 2 nitrogen and oxygen atoms in total. The van der Waals surface area contributed by atoms with Crippen LogP contribution in [0.15, 0.2) is 47.1 Å². The van der Waals surface area contributed by atoms with Crippen LogP contribution in [0.2, 0.25) is 0 Å². The molecule has 0 aliphatic rings. The number of nitrogens with one attached hydrogen (secondary N) is 1. The van der Waals surface area contributed by atoms with Gasteiger partial charge >= 0.3 is 0 Å². The Hall–Kier alpha value is -1.54. The molecule has 0 saturated carbocycles. The number of furan rings is 1. The van der Waals surface area contributed by atoms with Crippen molar-refractivity contribution in [1.29, 1.82) is 0 Å². The molecule has 0 bridgehead atoms. The SMILES string of the molecule is CCNC(CCc1ccco1)c1cccc(CC(C)C)c1. The second-order valence-corrected chi connectivity index (χ2v) is 6.07. The molecular formula is C19H27NO. The summed E-state index contributed by atoms with van der Waals surface area (Å²) in [5, 5.41) is 3.60. The van der Waals surface area contributed by atoms with Crippen LogP contribution in [-0.2, 0) is 12.8 Å². The molecule has 0 spiro atoms. The van der Waals surface area contributed by atoms with Gasteiger partial charge in [-0.2, -0.15) is 0 Å². The van der Waals surface area contributed by atoms with E-state index in [4.69, 9.17) is 4.42 Å². The number of benzene rings is 1. The molecule has 0 saturated heterocycles. The van der Waals surface area contributed by atoms with Gasteiger partial charge in [-0.1, -0.05) is 45.0 Å². The average molecular weight is 285 g/mol. The first-order valence-electron chi connectivity index (χ1n) is 8.03. The minimum absolute atomic E-state index is 0.396. The van der Waals surface area contributed by atoms with E-state index in [1.807, 2.05) is 6.07 Å². The topological polar surface area (TPSA) is 25.2 Å². The lowest BCUT2D eigenvalue weighted by Gasteiger charge is -2.19. The lowest BCUT2D eigenvalue weighted by molar-refractivity contribution is 0.458. The van der Waals surface area contributed by atoms with Gasteiger partial charge in [0.25, 0.3) is 0 Å². The van der Waals surface area contributed by atoms with Crippen LogP contribution in [0, 0.1) is 5.92 Å². The fraction of sp³-hybridized carbons (Fsp3) is 0.474. The Labute approximate surface area is 128 Å². The zero-order valence-corrected chi connectivity index (χ0v) is 13.4. The van der Waals surface area contributed by atoms with E-state index in [-0.39, 0.29) is 0 Å². The van der Waals surface area contributed by atoms with Crippen LogP contribution in [0.4, 0.5) is 0 Å². The average Bonchev–Trinajstić information content (AvgIpc) is 2.96. The first-order valence-corrected chi connectivity index (χ1v) is 8.03. The second-order valence-electron chi connectivity index (χ2n) is 6.07. The third kappa shape index (κ3) is 5.05. The molecule has 0 aliphatic carbocycles. The summed E-state index contributed by atoms with van der Waals surface area (Å²) in [6.45, 7) is 7.69. The van der Waals surface area contributed by atoms with Gasteiger partial charge in [0.2, 0.25) is 0 Å². The van der Waals surface area contributed by atoms with E-state index in [0.717, 1.165) is 31.6 Å². The highest BCUT2D eigenvalue weighted by Gasteiger charge is 2.12. The van der Waals surface area contributed by atoms with Gasteiger partial charge in [-0.05, 0) is 48.6 Å². The van der Waals surface area contributed by atoms with Gasteiger partial charge < -0.3 is 9.73 Å². The normalized spacial score (nSPS) is 12.8. The van der Waals surface area contributed by atoms with Gasteiger partial charge in [0.15, 0.2) is 0 Å². The molecular weight excluding hydrogens is 258 g/mol. The molecule has 1 aromatic heterocycles. The fourth-order valence-electron chi connectivity index (χ4n) is 2.78. The molecule has 1 unspecified atom stereocenters. The molecule has 1 heterocycles. The Morgan fingerprint density at radius 2 is 2.00 bits per heavy atom. The van der Waals surface area contributed by atoms with Crippen molar-refractivity contribution in [3.8, 4) is 0 Å². The van der Waals surface area contributed by atoms with Gasteiger partial charge in [0.1, 0.15) is 5.76 Å². The van der Waals surface area contributed by atoms with Crippen LogP contribution in [0.5, 0.6) is 0 Å². The predicted octanol–water partition coefficient (Wildman–Crippen LogP) is 4.76. The second kappa shape index (κ2) is 8.04. The van der Waals surface area contributed by atoms with Crippen LogP contribution in [0.1, 0.15) is 50.1 Å². The number of rotatable bonds is 8. The van der Waals surface area contributed by atoms with Crippen molar-refractivity contribution in [2.45, 2.75) is 46.1 Å². The highest BCUT2D eigenvalue weighted by Crippen LogP contribution is 2.21. The maximum atomic E-state index is 5.45. The molecule has 2 rings (SSSR count). The Morgan fingerprint density at radius 3 is 2.67 bits per heavy atom. The Bertz CT molecular complexity index is 516. The van der Waals surface area contributed by atoms with Crippen molar-refractivity contribution in [3.63, 3.8) is 0 Å². The molecule has 1 N–H and O–H groups in total. The smallest absolute Gasteiger partial charge is 0.103 e. The van der Waals surface area contributed by atoms with Crippen molar-refractivity contribution in [3.05, 3.63) is 59.5 Å². The standard InChI is InChI=1S/C19H27NO/c1-4-20-19(11-10-18-9-6-12-21-18)17-8-5-7-16(14-17)13-15(2)3/h5-9,12,14-15,19-20H,4,10-11,13H2,1-3H3. The van der Waals surface area contributed by atoms with E-state index in [1.165, 1.54) is 11.1 Å². The Morgan fingerprint density at radius 1 is 1.14 bits per heavy atom. The van der Waals surface area contributed by atoms with Crippen molar-refractivity contribution in [2.24, 2.45) is 5.92 Å².